The fraction of sp³-hybridized carbons (Fsp3) is 0.174. The lowest BCUT2D eigenvalue weighted by Gasteiger charge is -2.28. The van der Waals surface area contributed by atoms with Gasteiger partial charge in [0, 0.05) is 23.5 Å². The van der Waals surface area contributed by atoms with Crippen LogP contribution in [0.15, 0.2) is 52.7 Å². The zero-order chi connectivity index (χ0) is 26.0. The first kappa shape index (κ1) is 26.0. The number of halogens is 2. The Hall–Kier alpha value is -3.12. The smallest absolute Gasteiger partial charge is 0.333 e. The van der Waals surface area contributed by atoms with E-state index in [4.69, 9.17) is 23.2 Å². The number of urea groups is 1. The molecule has 0 unspecified atom stereocenters. The molecule has 0 saturated carbocycles. The van der Waals surface area contributed by atoms with Gasteiger partial charge in [-0.15, -0.1) is 11.3 Å². The molecule has 1 aliphatic rings. The lowest BCUT2D eigenvalue weighted by atomic mass is 9.97. The van der Waals surface area contributed by atoms with E-state index in [1.807, 2.05) is 11.6 Å². The van der Waals surface area contributed by atoms with Gasteiger partial charge in [0.05, 0.1) is 21.5 Å². The number of amides is 4. The van der Waals surface area contributed by atoms with E-state index in [0.29, 0.717) is 11.1 Å². The molecule has 9 nitrogen and oxygen atoms in total. The Morgan fingerprint density at radius 2 is 1.81 bits per heavy atom. The van der Waals surface area contributed by atoms with Crippen LogP contribution in [0.2, 0.25) is 9.36 Å². The first-order chi connectivity index (χ1) is 17.1. The van der Waals surface area contributed by atoms with Gasteiger partial charge in [0.2, 0.25) is 5.91 Å². The number of carbonyl (C=O) groups is 3. The highest BCUT2D eigenvalue weighted by Crippen LogP contribution is 2.34. The zero-order valence-electron chi connectivity index (χ0n) is 18.8. The number of nitrogens with zero attached hydrogens (tertiary/aromatic N) is 1. The molecule has 2 aromatic carbocycles. The van der Waals surface area contributed by atoms with E-state index in [0.717, 1.165) is 34.9 Å². The Kier molecular flexibility index (Phi) is 7.55. The van der Waals surface area contributed by atoms with E-state index in [2.05, 4.69) is 10.6 Å². The summed E-state index contributed by atoms with van der Waals surface area (Å²) in [7, 11) is -4.11. The molecule has 0 atom stereocenters. The standard InChI is InChI=1S/C23H20Cl2N4O5S2/c1-2-9-26-14-3-5-16-13(10-14)11-20(30)29(22(16)31)18-6-4-15(12-17(18)24)27-23(32)28-36(33,34)21-8-7-19(25)35-21/h3-8,10,12,26H,2,9,11H2,1H3,(H2,27,28,32). The van der Waals surface area contributed by atoms with Crippen LogP contribution in [0.1, 0.15) is 29.3 Å². The molecule has 2 heterocycles. The van der Waals surface area contributed by atoms with Crippen LogP contribution in [0.3, 0.4) is 0 Å². The summed E-state index contributed by atoms with van der Waals surface area (Å²) in [5.74, 6) is -0.953. The Morgan fingerprint density at radius 1 is 1.06 bits per heavy atom. The molecule has 0 radical (unpaired) electrons. The lowest BCUT2D eigenvalue weighted by Crippen LogP contribution is -2.42. The van der Waals surface area contributed by atoms with Crippen LogP contribution in [0.5, 0.6) is 0 Å². The quantitative estimate of drug-likeness (QED) is 0.341. The highest BCUT2D eigenvalue weighted by atomic mass is 35.5. The maximum atomic E-state index is 13.1. The molecule has 36 heavy (non-hydrogen) atoms. The van der Waals surface area contributed by atoms with Crippen molar-refractivity contribution in [2.75, 3.05) is 22.1 Å². The third-order valence-electron chi connectivity index (χ3n) is 5.20. The number of hydrogen-bond donors (Lipinski definition) is 3. The van der Waals surface area contributed by atoms with Crippen molar-refractivity contribution in [1.82, 2.24) is 4.72 Å². The normalized spacial score (nSPS) is 13.4. The summed E-state index contributed by atoms with van der Waals surface area (Å²) >= 11 is 12.9. The van der Waals surface area contributed by atoms with Crippen molar-refractivity contribution in [3.8, 4) is 0 Å². The molecule has 0 spiro atoms. The van der Waals surface area contributed by atoms with Gasteiger partial charge in [-0.2, -0.15) is 0 Å². The molecule has 0 bridgehead atoms. The minimum atomic E-state index is -4.11. The third-order valence-corrected chi connectivity index (χ3v) is 8.55. The van der Waals surface area contributed by atoms with Crippen molar-refractivity contribution in [3.63, 3.8) is 0 Å². The molecule has 4 amide bonds. The average Bonchev–Trinajstić information content (AvgIpc) is 3.26. The van der Waals surface area contributed by atoms with Gasteiger partial charge in [-0.1, -0.05) is 30.1 Å². The van der Waals surface area contributed by atoms with Gasteiger partial charge in [-0.25, -0.2) is 22.8 Å². The maximum absolute atomic E-state index is 13.1. The van der Waals surface area contributed by atoms with E-state index in [1.165, 1.54) is 30.3 Å². The molecule has 0 aliphatic carbocycles. The molecule has 1 aliphatic heterocycles. The van der Waals surface area contributed by atoms with Crippen molar-refractivity contribution in [2.45, 2.75) is 24.0 Å². The number of anilines is 3. The van der Waals surface area contributed by atoms with Crippen LogP contribution in [-0.4, -0.2) is 32.8 Å². The van der Waals surface area contributed by atoms with Crippen LogP contribution in [0.4, 0.5) is 21.9 Å². The number of hydrogen-bond acceptors (Lipinski definition) is 7. The van der Waals surface area contributed by atoms with Crippen molar-refractivity contribution >= 4 is 79.5 Å². The predicted octanol–water partition coefficient (Wildman–Crippen LogP) is 5.12. The maximum Gasteiger partial charge on any atom is 0.333 e. The first-order valence-electron chi connectivity index (χ1n) is 10.7. The molecule has 0 fully saturated rings. The molecule has 13 heteroatoms. The fourth-order valence-corrected chi connectivity index (χ4v) is 6.24. The summed E-state index contributed by atoms with van der Waals surface area (Å²) in [6, 6.07) is 11.0. The van der Waals surface area contributed by atoms with Crippen LogP contribution in [0.25, 0.3) is 0 Å². The summed E-state index contributed by atoms with van der Waals surface area (Å²) in [6.45, 7) is 2.81. The van der Waals surface area contributed by atoms with Crippen molar-refractivity contribution < 1.29 is 22.8 Å². The Labute approximate surface area is 221 Å². The summed E-state index contributed by atoms with van der Waals surface area (Å²) in [5.41, 5.74) is 2.16. The molecular formula is C23H20Cl2N4O5S2. The highest BCUT2D eigenvalue weighted by molar-refractivity contribution is 7.92. The second kappa shape index (κ2) is 10.5. The third kappa shape index (κ3) is 5.49. The molecule has 188 valence electrons. The van der Waals surface area contributed by atoms with E-state index >= 15 is 0 Å². The van der Waals surface area contributed by atoms with Crippen LogP contribution >= 0.6 is 34.5 Å². The fourth-order valence-electron chi connectivity index (χ4n) is 3.58. The Morgan fingerprint density at radius 3 is 2.47 bits per heavy atom. The van der Waals surface area contributed by atoms with Crippen molar-refractivity contribution in [3.05, 3.63) is 69.0 Å². The van der Waals surface area contributed by atoms with Gasteiger partial charge < -0.3 is 10.6 Å². The van der Waals surface area contributed by atoms with Gasteiger partial charge in [0.15, 0.2) is 0 Å². The summed E-state index contributed by atoms with van der Waals surface area (Å²) in [6.07, 6.45) is 0.957. The van der Waals surface area contributed by atoms with E-state index in [1.54, 1.807) is 18.2 Å². The number of thiophene rings is 1. The number of benzene rings is 2. The Balaban J connectivity index is 1.50. The van der Waals surface area contributed by atoms with E-state index < -0.39 is 27.9 Å². The molecule has 1 aromatic heterocycles. The minimum Gasteiger partial charge on any atom is -0.385 e. The zero-order valence-corrected chi connectivity index (χ0v) is 21.9. The van der Waals surface area contributed by atoms with Gasteiger partial charge in [-0.05, 0) is 60.5 Å². The van der Waals surface area contributed by atoms with Gasteiger partial charge in [0.1, 0.15) is 4.21 Å². The van der Waals surface area contributed by atoms with Gasteiger partial charge in [-0.3, -0.25) is 9.59 Å². The van der Waals surface area contributed by atoms with Gasteiger partial charge >= 0.3 is 6.03 Å². The average molecular weight is 567 g/mol. The highest BCUT2D eigenvalue weighted by Gasteiger charge is 2.33. The molecule has 3 aromatic rings. The number of imide groups is 1. The van der Waals surface area contributed by atoms with Crippen LogP contribution in [0, 0.1) is 0 Å². The van der Waals surface area contributed by atoms with E-state index in [-0.39, 0.29) is 31.4 Å². The topological polar surface area (TPSA) is 125 Å². The molecule has 4 rings (SSSR count). The SMILES string of the molecule is CCCNc1ccc2c(c1)CC(=O)N(c1ccc(NC(=O)NS(=O)(=O)c3ccc(Cl)s3)cc1Cl)C2=O. The predicted molar refractivity (Wildman–Crippen MR) is 141 cm³/mol. The molecule has 0 saturated heterocycles. The molecular weight excluding hydrogens is 547 g/mol. The van der Waals surface area contributed by atoms with E-state index in [9.17, 15) is 22.8 Å². The van der Waals surface area contributed by atoms with Crippen LogP contribution < -0.4 is 20.3 Å². The Bertz CT molecular complexity index is 1470. The lowest BCUT2D eigenvalue weighted by molar-refractivity contribution is -0.117. The van der Waals surface area contributed by atoms with Crippen molar-refractivity contribution in [1.29, 1.82) is 0 Å². The second-order valence-corrected chi connectivity index (χ2v) is 11.8. The largest absolute Gasteiger partial charge is 0.385 e. The summed E-state index contributed by atoms with van der Waals surface area (Å²) in [5, 5.41) is 5.62. The van der Waals surface area contributed by atoms with Crippen LogP contribution in [-0.2, 0) is 21.2 Å². The summed E-state index contributed by atoms with van der Waals surface area (Å²) < 4.78 is 26.6. The van der Waals surface area contributed by atoms with Crippen molar-refractivity contribution in [2.24, 2.45) is 0 Å². The summed E-state index contributed by atoms with van der Waals surface area (Å²) in [4.78, 5) is 39.2. The number of nitrogens with one attached hydrogen (secondary N) is 3. The second-order valence-electron chi connectivity index (χ2n) is 7.79. The number of fused-ring (bicyclic) bond motifs is 1. The number of rotatable bonds is 7. The number of sulfonamides is 1. The van der Waals surface area contributed by atoms with Gasteiger partial charge in [0.25, 0.3) is 15.9 Å². The first-order valence-corrected chi connectivity index (χ1v) is 13.8. The minimum absolute atomic E-state index is 0.0199. The number of carbonyl (C=O) groups excluding carboxylic acids is 3. The molecule has 3 N–H and O–H groups in total. The monoisotopic (exact) mass is 566 g/mol.